The van der Waals surface area contributed by atoms with Crippen molar-refractivity contribution in [1.82, 2.24) is 19.5 Å². The third kappa shape index (κ3) is 2.24. The Balaban J connectivity index is 1.91. The molecule has 6 heteroatoms. The molecule has 0 aliphatic rings. The van der Waals surface area contributed by atoms with E-state index in [1.165, 1.54) is 4.57 Å². The SMILES string of the molecule is O=c1[nH]c(=O)n(-c2ccccc2)c2nc3c4ccccc4c4ccccc4c3nc12. The maximum atomic E-state index is 12.7. The first-order valence-corrected chi connectivity index (χ1v) is 9.54. The van der Waals surface area contributed by atoms with E-state index in [0.29, 0.717) is 16.7 Å². The average molecular weight is 390 g/mol. The van der Waals surface area contributed by atoms with Gasteiger partial charge in [-0.1, -0.05) is 66.7 Å². The van der Waals surface area contributed by atoms with Crippen LogP contribution in [0.1, 0.15) is 0 Å². The van der Waals surface area contributed by atoms with E-state index in [2.05, 4.69) is 4.98 Å². The molecule has 0 aliphatic heterocycles. The molecule has 0 saturated carbocycles. The maximum absolute atomic E-state index is 12.7. The van der Waals surface area contributed by atoms with E-state index in [0.717, 1.165) is 21.5 Å². The zero-order valence-electron chi connectivity index (χ0n) is 15.7. The molecule has 0 amide bonds. The molecule has 4 aromatic carbocycles. The number of aromatic nitrogens is 4. The Morgan fingerprint density at radius 3 is 1.77 bits per heavy atom. The minimum absolute atomic E-state index is 0.131. The van der Waals surface area contributed by atoms with E-state index in [-0.39, 0.29) is 11.2 Å². The van der Waals surface area contributed by atoms with Gasteiger partial charge in [-0.05, 0) is 22.9 Å². The summed E-state index contributed by atoms with van der Waals surface area (Å²) in [5.74, 6) is 0. The molecule has 2 heterocycles. The fraction of sp³-hybridized carbons (Fsp3) is 0. The summed E-state index contributed by atoms with van der Waals surface area (Å²) >= 11 is 0. The first-order chi connectivity index (χ1) is 14.7. The van der Waals surface area contributed by atoms with Gasteiger partial charge in [-0.15, -0.1) is 0 Å². The zero-order valence-corrected chi connectivity index (χ0v) is 15.7. The summed E-state index contributed by atoms with van der Waals surface area (Å²) in [6, 6.07) is 25.0. The maximum Gasteiger partial charge on any atom is 0.334 e. The molecule has 6 aromatic rings. The van der Waals surface area contributed by atoms with E-state index < -0.39 is 11.2 Å². The highest BCUT2D eigenvalue weighted by Gasteiger charge is 2.17. The van der Waals surface area contributed by atoms with Crippen LogP contribution < -0.4 is 11.2 Å². The number of hydrogen-bond acceptors (Lipinski definition) is 4. The second-order valence-electron chi connectivity index (χ2n) is 7.11. The van der Waals surface area contributed by atoms with Crippen LogP contribution in [-0.4, -0.2) is 19.5 Å². The van der Waals surface area contributed by atoms with E-state index >= 15 is 0 Å². The van der Waals surface area contributed by atoms with Crippen molar-refractivity contribution >= 4 is 43.7 Å². The van der Waals surface area contributed by atoms with Crippen molar-refractivity contribution in [2.45, 2.75) is 0 Å². The van der Waals surface area contributed by atoms with Crippen LogP contribution in [-0.2, 0) is 0 Å². The van der Waals surface area contributed by atoms with Crippen LogP contribution in [0.4, 0.5) is 0 Å². The molecular weight excluding hydrogens is 376 g/mol. The van der Waals surface area contributed by atoms with Gasteiger partial charge in [-0.25, -0.2) is 19.3 Å². The molecule has 6 nitrogen and oxygen atoms in total. The molecule has 142 valence electrons. The third-order valence-electron chi connectivity index (χ3n) is 5.40. The molecular formula is C24H14N4O2. The number of rotatable bonds is 1. The first-order valence-electron chi connectivity index (χ1n) is 9.54. The number of fused-ring (bicyclic) bond motifs is 7. The Bertz CT molecular complexity index is 1730. The van der Waals surface area contributed by atoms with Crippen molar-refractivity contribution in [2.24, 2.45) is 0 Å². The van der Waals surface area contributed by atoms with Gasteiger partial charge in [0.1, 0.15) is 0 Å². The Morgan fingerprint density at radius 1 is 0.600 bits per heavy atom. The lowest BCUT2D eigenvalue weighted by atomic mass is 9.99. The Hall–Kier alpha value is -4.32. The molecule has 0 unspecified atom stereocenters. The van der Waals surface area contributed by atoms with Crippen LogP contribution in [0.2, 0.25) is 0 Å². The predicted molar refractivity (Wildman–Crippen MR) is 118 cm³/mol. The van der Waals surface area contributed by atoms with Crippen molar-refractivity contribution < 1.29 is 0 Å². The summed E-state index contributed by atoms with van der Waals surface area (Å²) in [6.07, 6.45) is 0. The van der Waals surface area contributed by atoms with Gasteiger partial charge in [-0.3, -0.25) is 9.78 Å². The zero-order chi connectivity index (χ0) is 20.2. The summed E-state index contributed by atoms with van der Waals surface area (Å²) in [5, 5.41) is 3.93. The smallest absolute Gasteiger partial charge is 0.272 e. The summed E-state index contributed by atoms with van der Waals surface area (Å²) in [5.41, 5.74) is 1.19. The highest BCUT2D eigenvalue weighted by Crippen LogP contribution is 2.33. The van der Waals surface area contributed by atoms with Crippen molar-refractivity contribution in [2.75, 3.05) is 0 Å². The highest BCUT2D eigenvalue weighted by atomic mass is 16.2. The van der Waals surface area contributed by atoms with Crippen molar-refractivity contribution in [1.29, 1.82) is 0 Å². The second-order valence-corrected chi connectivity index (χ2v) is 7.11. The van der Waals surface area contributed by atoms with Gasteiger partial charge in [0, 0.05) is 10.8 Å². The van der Waals surface area contributed by atoms with Gasteiger partial charge < -0.3 is 0 Å². The lowest BCUT2D eigenvalue weighted by Gasteiger charge is -2.12. The third-order valence-corrected chi connectivity index (χ3v) is 5.40. The quantitative estimate of drug-likeness (QED) is 0.341. The molecule has 0 bridgehead atoms. The number of aromatic amines is 1. The molecule has 0 spiro atoms. The Kier molecular flexibility index (Phi) is 3.37. The normalized spacial score (nSPS) is 11.6. The monoisotopic (exact) mass is 390 g/mol. The second kappa shape index (κ2) is 6.09. The molecule has 2 aromatic heterocycles. The molecule has 1 N–H and O–H groups in total. The lowest BCUT2D eigenvalue weighted by molar-refractivity contribution is 0.923. The van der Waals surface area contributed by atoms with Crippen LogP contribution in [0.5, 0.6) is 0 Å². The van der Waals surface area contributed by atoms with E-state index in [4.69, 9.17) is 9.97 Å². The summed E-state index contributed by atoms with van der Waals surface area (Å²) < 4.78 is 1.40. The molecule has 0 radical (unpaired) electrons. The first kappa shape index (κ1) is 16.6. The van der Waals surface area contributed by atoms with Gasteiger partial charge in [0.15, 0.2) is 11.2 Å². The molecule has 0 aliphatic carbocycles. The molecule has 0 atom stereocenters. The highest BCUT2D eigenvalue weighted by molar-refractivity contribution is 6.23. The van der Waals surface area contributed by atoms with Gasteiger partial charge in [0.25, 0.3) is 5.56 Å². The minimum atomic E-state index is -0.547. The Labute approximate surface area is 169 Å². The number of benzene rings is 4. The van der Waals surface area contributed by atoms with Gasteiger partial charge in [-0.2, -0.15) is 0 Å². The van der Waals surface area contributed by atoms with E-state index in [9.17, 15) is 9.59 Å². The minimum Gasteiger partial charge on any atom is -0.272 e. The fourth-order valence-corrected chi connectivity index (χ4v) is 4.08. The van der Waals surface area contributed by atoms with Crippen LogP contribution in [0.25, 0.3) is 49.4 Å². The molecule has 6 rings (SSSR count). The topological polar surface area (TPSA) is 80.6 Å². The number of nitrogens with one attached hydrogen (secondary N) is 1. The largest absolute Gasteiger partial charge is 0.334 e. The van der Waals surface area contributed by atoms with Crippen LogP contribution in [0.15, 0.2) is 88.5 Å². The van der Waals surface area contributed by atoms with Crippen molar-refractivity contribution in [3.05, 3.63) is 99.7 Å². The molecule has 30 heavy (non-hydrogen) atoms. The predicted octanol–water partition coefficient (Wildman–Crippen LogP) is 3.93. The molecule has 0 saturated heterocycles. The van der Waals surface area contributed by atoms with Gasteiger partial charge in [0.2, 0.25) is 0 Å². The summed E-state index contributed by atoms with van der Waals surface area (Å²) in [6.45, 7) is 0. The number of para-hydroxylation sites is 1. The average Bonchev–Trinajstić information content (AvgIpc) is 2.79. The van der Waals surface area contributed by atoms with E-state index in [1.807, 2.05) is 66.7 Å². The van der Waals surface area contributed by atoms with Crippen molar-refractivity contribution in [3.63, 3.8) is 0 Å². The standard InChI is InChI=1S/C24H14N4O2/c29-23-21-22(28(24(30)27-23)14-8-2-1-3-9-14)26-20-18-13-7-5-11-16(18)15-10-4-6-12-17(15)19(20)25-21/h1-13H,(H,27,29,30). The molecule has 0 fully saturated rings. The number of hydrogen-bond donors (Lipinski definition) is 1. The summed E-state index contributed by atoms with van der Waals surface area (Å²) in [7, 11) is 0. The van der Waals surface area contributed by atoms with Crippen LogP contribution in [0, 0.1) is 0 Å². The number of nitrogens with zero attached hydrogens (tertiary/aromatic N) is 3. The fourth-order valence-electron chi connectivity index (χ4n) is 4.08. The van der Waals surface area contributed by atoms with Gasteiger partial charge >= 0.3 is 5.69 Å². The Morgan fingerprint density at radius 2 is 1.13 bits per heavy atom. The van der Waals surface area contributed by atoms with Crippen LogP contribution in [0.3, 0.4) is 0 Å². The van der Waals surface area contributed by atoms with Gasteiger partial charge in [0.05, 0.1) is 16.7 Å². The summed E-state index contributed by atoms with van der Waals surface area (Å²) in [4.78, 5) is 37.3. The van der Waals surface area contributed by atoms with Crippen LogP contribution >= 0.6 is 0 Å². The van der Waals surface area contributed by atoms with E-state index in [1.54, 1.807) is 12.1 Å². The lowest BCUT2D eigenvalue weighted by Crippen LogP contribution is -2.30. The number of H-pyrrole nitrogens is 1. The van der Waals surface area contributed by atoms with Crippen molar-refractivity contribution in [3.8, 4) is 5.69 Å².